The number of hydrogen-bond donors (Lipinski definition) is 1. The van der Waals surface area contributed by atoms with Crippen LogP contribution in [0.1, 0.15) is 120 Å². The molecule has 7 unspecified atom stereocenters. The average molecular weight is 427 g/mol. The molecule has 4 saturated carbocycles. The van der Waals surface area contributed by atoms with Crippen molar-refractivity contribution in [1.29, 1.82) is 0 Å². The minimum atomic E-state index is -0.125. The van der Waals surface area contributed by atoms with Gasteiger partial charge in [-0.2, -0.15) is 0 Å². The van der Waals surface area contributed by atoms with E-state index in [0.29, 0.717) is 33.0 Å². The van der Waals surface area contributed by atoms with Crippen molar-refractivity contribution in [2.45, 2.75) is 126 Å². The first-order valence-electron chi connectivity index (χ1n) is 13.6. The third kappa shape index (κ3) is 2.77. The molecule has 0 radical (unpaired) electrons. The maximum absolute atomic E-state index is 10.9. The van der Waals surface area contributed by atoms with Crippen LogP contribution in [0.5, 0.6) is 0 Å². The van der Waals surface area contributed by atoms with Crippen LogP contribution < -0.4 is 0 Å². The van der Waals surface area contributed by atoms with Crippen LogP contribution in [0.2, 0.25) is 0 Å². The van der Waals surface area contributed by atoms with Gasteiger partial charge in [-0.15, -0.1) is 0 Å². The van der Waals surface area contributed by atoms with Crippen LogP contribution in [0, 0.1) is 50.2 Å². The SMILES string of the molecule is CC1(C)CCC2(C)CCC3(C)C(=CCC4C5(C)CCC(O)C(C)(C)[C@@H]5CCC43C)C2C1. The molecule has 0 aliphatic heterocycles. The molecule has 1 N–H and O–H groups in total. The van der Waals surface area contributed by atoms with Gasteiger partial charge in [0.15, 0.2) is 0 Å². The molecule has 0 aromatic rings. The monoisotopic (exact) mass is 426 g/mol. The first-order valence-corrected chi connectivity index (χ1v) is 13.6. The van der Waals surface area contributed by atoms with Gasteiger partial charge in [-0.05, 0) is 114 Å². The van der Waals surface area contributed by atoms with Crippen LogP contribution in [-0.2, 0) is 0 Å². The maximum atomic E-state index is 10.9. The van der Waals surface area contributed by atoms with E-state index in [2.05, 4.69) is 61.5 Å². The van der Waals surface area contributed by atoms with Gasteiger partial charge < -0.3 is 5.11 Å². The molecule has 0 saturated heterocycles. The summed E-state index contributed by atoms with van der Waals surface area (Å²) in [5, 5.41) is 10.9. The highest BCUT2D eigenvalue weighted by atomic mass is 16.3. The molecule has 5 aliphatic carbocycles. The first-order chi connectivity index (χ1) is 14.2. The normalized spacial score (nSPS) is 55.2. The topological polar surface area (TPSA) is 20.2 Å². The van der Waals surface area contributed by atoms with Gasteiger partial charge in [0.25, 0.3) is 0 Å². The van der Waals surface area contributed by atoms with Gasteiger partial charge in [0, 0.05) is 0 Å². The Hall–Kier alpha value is -0.300. The first kappa shape index (κ1) is 22.5. The molecule has 0 aromatic heterocycles. The lowest BCUT2D eigenvalue weighted by atomic mass is 9.33. The Kier molecular flexibility index (Phi) is 4.66. The number of aliphatic hydroxyl groups excluding tert-OH is 1. The molecule has 1 heteroatoms. The molecular formula is C30H50O. The van der Waals surface area contributed by atoms with Crippen molar-refractivity contribution in [1.82, 2.24) is 0 Å². The molecule has 176 valence electrons. The smallest absolute Gasteiger partial charge is 0.0594 e. The van der Waals surface area contributed by atoms with Crippen molar-refractivity contribution >= 4 is 0 Å². The van der Waals surface area contributed by atoms with Gasteiger partial charge in [-0.1, -0.05) is 67.0 Å². The summed E-state index contributed by atoms with van der Waals surface area (Å²) in [6.45, 7) is 20.4. The number of aliphatic hydroxyl groups is 1. The van der Waals surface area contributed by atoms with Gasteiger partial charge >= 0.3 is 0 Å². The van der Waals surface area contributed by atoms with Crippen molar-refractivity contribution in [2.75, 3.05) is 0 Å². The van der Waals surface area contributed by atoms with E-state index >= 15 is 0 Å². The molecule has 0 aromatic carbocycles. The molecule has 0 bridgehead atoms. The molecule has 8 atom stereocenters. The summed E-state index contributed by atoms with van der Waals surface area (Å²) in [6, 6.07) is 0. The van der Waals surface area contributed by atoms with Crippen LogP contribution in [0.3, 0.4) is 0 Å². The van der Waals surface area contributed by atoms with E-state index in [1.54, 1.807) is 0 Å². The lowest BCUT2D eigenvalue weighted by molar-refractivity contribution is -0.202. The fourth-order valence-corrected chi connectivity index (χ4v) is 10.5. The second-order valence-corrected chi connectivity index (χ2v) is 15.2. The molecule has 5 aliphatic rings. The highest BCUT2D eigenvalue weighted by molar-refractivity contribution is 5.33. The number of allylic oxidation sites excluding steroid dienone is 2. The van der Waals surface area contributed by atoms with Crippen molar-refractivity contribution in [3.8, 4) is 0 Å². The molecule has 31 heavy (non-hydrogen) atoms. The molecule has 0 heterocycles. The van der Waals surface area contributed by atoms with E-state index in [9.17, 15) is 5.11 Å². The lowest BCUT2D eigenvalue weighted by Gasteiger charge is -2.71. The Bertz CT molecular complexity index is 790. The molecule has 0 amide bonds. The quantitative estimate of drug-likeness (QED) is 0.387. The van der Waals surface area contributed by atoms with Crippen LogP contribution >= 0.6 is 0 Å². The average Bonchev–Trinajstić information content (AvgIpc) is 2.67. The minimum Gasteiger partial charge on any atom is -0.393 e. The Morgan fingerprint density at radius 1 is 0.774 bits per heavy atom. The third-order valence-corrected chi connectivity index (χ3v) is 13.0. The Labute approximate surface area is 192 Å². The van der Waals surface area contributed by atoms with Crippen LogP contribution in [0.25, 0.3) is 0 Å². The summed E-state index contributed by atoms with van der Waals surface area (Å²) in [5.41, 5.74) is 4.09. The van der Waals surface area contributed by atoms with E-state index in [1.165, 1.54) is 57.8 Å². The fraction of sp³-hybridized carbons (Fsp3) is 0.933. The zero-order chi connectivity index (χ0) is 22.7. The third-order valence-electron chi connectivity index (χ3n) is 13.0. The Morgan fingerprint density at radius 3 is 2.16 bits per heavy atom. The van der Waals surface area contributed by atoms with Crippen molar-refractivity contribution < 1.29 is 5.11 Å². The summed E-state index contributed by atoms with van der Waals surface area (Å²) in [5.74, 6) is 2.21. The summed E-state index contributed by atoms with van der Waals surface area (Å²) in [4.78, 5) is 0. The van der Waals surface area contributed by atoms with Crippen molar-refractivity contribution in [2.24, 2.45) is 50.2 Å². The molecule has 1 nitrogen and oxygen atoms in total. The second-order valence-electron chi connectivity index (χ2n) is 15.2. The second kappa shape index (κ2) is 6.43. The highest BCUT2D eigenvalue weighted by Gasteiger charge is 2.67. The summed E-state index contributed by atoms with van der Waals surface area (Å²) in [7, 11) is 0. The molecule has 0 spiro atoms. The van der Waals surface area contributed by atoms with E-state index in [1.807, 2.05) is 5.57 Å². The Balaban J connectivity index is 1.57. The van der Waals surface area contributed by atoms with Crippen molar-refractivity contribution in [3.63, 3.8) is 0 Å². The predicted octanol–water partition coefficient (Wildman–Crippen LogP) is 8.17. The predicted molar refractivity (Wildman–Crippen MR) is 131 cm³/mol. The van der Waals surface area contributed by atoms with Gasteiger partial charge in [0.2, 0.25) is 0 Å². The van der Waals surface area contributed by atoms with Gasteiger partial charge in [0.05, 0.1) is 6.10 Å². The van der Waals surface area contributed by atoms with Gasteiger partial charge in [-0.25, -0.2) is 0 Å². The number of fused-ring (bicyclic) bond motifs is 7. The van der Waals surface area contributed by atoms with Crippen molar-refractivity contribution in [3.05, 3.63) is 11.6 Å². The van der Waals surface area contributed by atoms with Gasteiger partial charge in [0.1, 0.15) is 0 Å². The molecule has 5 rings (SSSR count). The van der Waals surface area contributed by atoms with Gasteiger partial charge in [-0.3, -0.25) is 0 Å². The number of hydrogen-bond acceptors (Lipinski definition) is 1. The molecular weight excluding hydrogens is 376 g/mol. The van der Waals surface area contributed by atoms with E-state index in [0.717, 1.165) is 18.3 Å². The summed E-state index contributed by atoms with van der Waals surface area (Å²) >= 11 is 0. The Morgan fingerprint density at radius 2 is 1.45 bits per heavy atom. The van der Waals surface area contributed by atoms with E-state index < -0.39 is 0 Å². The highest BCUT2D eigenvalue weighted by Crippen LogP contribution is 2.75. The maximum Gasteiger partial charge on any atom is 0.0594 e. The van der Waals surface area contributed by atoms with Crippen LogP contribution in [0.15, 0.2) is 11.6 Å². The number of rotatable bonds is 0. The summed E-state index contributed by atoms with van der Waals surface area (Å²) in [6.07, 6.45) is 15.9. The molecule has 4 fully saturated rings. The standard InChI is InChI=1S/C30H50O/c1-25(2)15-16-27(5)17-18-29(7)20(21(27)19-25)9-10-23-28(6)13-12-24(31)26(3,4)22(28)11-14-30(23,29)8/h9,21-24,31H,10-19H2,1-8H3/t21?,22-,23?,24?,27?,28?,29?,30?/m0/s1. The fourth-order valence-electron chi connectivity index (χ4n) is 10.5. The lowest BCUT2D eigenvalue weighted by Crippen LogP contribution is -2.64. The zero-order valence-electron chi connectivity index (χ0n) is 21.9. The zero-order valence-corrected chi connectivity index (χ0v) is 21.9. The van der Waals surface area contributed by atoms with E-state index in [4.69, 9.17) is 0 Å². The summed E-state index contributed by atoms with van der Waals surface area (Å²) < 4.78 is 0. The van der Waals surface area contributed by atoms with E-state index in [-0.39, 0.29) is 11.5 Å². The largest absolute Gasteiger partial charge is 0.393 e. The minimum absolute atomic E-state index is 0.0533. The van der Waals surface area contributed by atoms with Crippen LogP contribution in [-0.4, -0.2) is 11.2 Å². The van der Waals surface area contributed by atoms with Crippen LogP contribution in [0.4, 0.5) is 0 Å².